The fraction of sp³-hybridized carbons (Fsp3) is 0.308. The number of carboxylic acid groups (broad SMARTS) is 1. The van der Waals surface area contributed by atoms with Crippen LogP contribution in [0.25, 0.3) is 0 Å². The Hall–Kier alpha value is -1.95. The zero-order valence-electron chi connectivity index (χ0n) is 9.50. The van der Waals surface area contributed by atoms with E-state index in [1.165, 1.54) is 0 Å². The first-order valence-electron chi connectivity index (χ1n) is 5.13. The van der Waals surface area contributed by atoms with Crippen LogP contribution in [0.4, 0.5) is 5.69 Å². The number of nitrogens with one attached hydrogen (secondary N) is 1. The lowest BCUT2D eigenvalue weighted by molar-refractivity contribution is 0.0698. The van der Waals surface area contributed by atoms with Gasteiger partial charge in [0.2, 0.25) is 0 Å². The van der Waals surface area contributed by atoms with E-state index in [0.717, 1.165) is 5.56 Å². The van der Waals surface area contributed by atoms with E-state index in [9.17, 15) is 4.79 Å². The molecule has 0 unspecified atom stereocenters. The summed E-state index contributed by atoms with van der Waals surface area (Å²) in [7, 11) is 0. The molecule has 0 spiro atoms. The summed E-state index contributed by atoms with van der Waals surface area (Å²) >= 11 is 0. The van der Waals surface area contributed by atoms with Gasteiger partial charge in [-0.3, -0.25) is 0 Å². The number of para-hydroxylation sites is 1. The van der Waals surface area contributed by atoms with E-state index in [-0.39, 0.29) is 0 Å². The molecule has 84 valence electrons. The van der Waals surface area contributed by atoms with E-state index in [1.807, 2.05) is 13.0 Å². The van der Waals surface area contributed by atoms with Gasteiger partial charge < -0.3 is 10.4 Å². The SMILES string of the molecule is CC#CCCNc1c(C)cccc1C(=O)O. The Kier molecular flexibility index (Phi) is 4.41. The quantitative estimate of drug-likeness (QED) is 0.602. The minimum Gasteiger partial charge on any atom is -0.478 e. The van der Waals surface area contributed by atoms with Crippen LogP contribution in [0, 0.1) is 18.8 Å². The van der Waals surface area contributed by atoms with E-state index in [1.54, 1.807) is 19.1 Å². The molecule has 0 atom stereocenters. The van der Waals surface area contributed by atoms with Crippen LogP contribution >= 0.6 is 0 Å². The number of anilines is 1. The maximum absolute atomic E-state index is 11.0. The molecule has 16 heavy (non-hydrogen) atoms. The van der Waals surface area contributed by atoms with Crippen molar-refractivity contribution >= 4 is 11.7 Å². The van der Waals surface area contributed by atoms with Crippen molar-refractivity contribution in [2.24, 2.45) is 0 Å². The Balaban J connectivity index is 2.83. The summed E-state index contributed by atoms with van der Waals surface area (Å²) in [5.74, 6) is 4.82. The Bertz CT molecular complexity index is 441. The molecule has 0 heterocycles. The normalized spacial score (nSPS) is 9.12. The average Bonchev–Trinajstić information content (AvgIpc) is 2.25. The van der Waals surface area contributed by atoms with Gasteiger partial charge >= 0.3 is 5.97 Å². The zero-order valence-corrected chi connectivity index (χ0v) is 9.50. The van der Waals surface area contributed by atoms with E-state index >= 15 is 0 Å². The molecule has 1 rings (SSSR count). The molecule has 0 aliphatic rings. The second kappa shape index (κ2) is 5.82. The molecule has 0 bridgehead atoms. The van der Waals surface area contributed by atoms with Crippen LogP contribution in [-0.2, 0) is 0 Å². The second-order valence-corrected chi connectivity index (χ2v) is 3.41. The molecule has 0 aromatic heterocycles. The first-order valence-corrected chi connectivity index (χ1v) is 5.13. The smallest absolute Gasteiger partial charge is 0.337 e. The van der Waals surface area contributed by atoms with Gasteiger partial charge in [0.15, 0.2) is 0 Å². The lowest BCUT2D eigenvalue weighted by Gasteiger charge is -2.11. The number of carbonyl (C=O) groups is 1. The molecule has 1 aromatic carbocycles. The van der Waals surface area contributed by atoms with Crippen LogP contribution in [0.3, 0.4) is 0 Å². The van der Waals surface area contributed by atoms with Gasteiger partial charge in [0.25, 0.3) is 0 Å². The van der Waals surface area contributed by atoms with Crippen molar-refractivity contribution in [3.05, 3.63) is 29.3 Å². The summed E-state index contributed by atoms with van der Waals surface area (Å²) in [4.78, 5) is 11.0. The first kappa shape index (κ1) is 12.1. The van der Waals surface area contributed by atoms with Gasteiger partial charge in [0.05, 0.1) is 11.3 Å². The molecule has 0 aliphatic carbocycles. The summed E-state index contributed by atoms with van der Waals surface area (Å²) < 4.78 is 0. The number of hydrogen-bond acceptors (Lipinski definition) is 2. The van der Waals surface area contributed by atoms with E-state index < -0.39 is 5.97 Å². The van der Waals surface area contributed by atoms with Gasteiger partial charge in [0.1, 0.15) is 0 Å². The third kappa shape index (κ3) is 3.03. The van der Waals surface area contributed by atoms with Crippen LogP contribution in [0.2, 0.25) is 0 Å². The highest BCUT2D eigenvalue weighted by Gasteiger charge is 2.10. The van der Waals surface area contributed by atoms with Crippen LogP contribution < -0.4 is 5.32 Å². The molecule has 0 fully saturated rings. The fourth-order valence-electron chi connectivity index (χ4n) is 1.46. The molecule has 3 heteroatoms. The van der Waals surface area contributed by atoms with E-state index in [0.29, 0.717) is 24.2 Å². The number of hydrogen-bond donors (Lipinski definition) is 2. The Morgan fingerprint density at radius 1 is 1.50 bits per heavy atom. The average molecular weight is 217 g/mol. The molecular weight excluding hydrogens is 202 g/mol. The Morgan fingerprint density at radius 2 is 2.25 bits per heavy atom. The van der Waals surface area contributed by atoms with Gasteiger partial charge in [0, 0.05) is 13.0 Å². The topological polar surface area (TPSA) is 49.3 Å². The van der Waals surface area contributed by atoms with Crippen LogP contribution in [0.5, 0.6) is 0 Å². The van der Waals surface area contributed by atoms with Crippen molar-refractivity contribution in [1.29, 1.82) is 0 Å². The summed E-state index contributed by atoms with van der Waals surface area (Å²) in [6.07, 6.45) is 0.712. The molecule has 0 saturated carbocycles. The molecule has 0 amide bonds. The van der Waals surface area contributed by atoms with Crippen LogP contribution in [-0.4, -0.2) is 17.6 Å². The van der Waals surface area contributed by atoms with Crippen molar-refractivity contribution in [3.8, 4) is 11.8 Å². The fourth-order valence-corrected chi connectivity index (χ4v) is 1.46. The predicted molar refractivity (Wildman–Crippen MR) is 64.7 cm³/mol. The largest absolute Gasteiger partial charge is 0.478 e. The summed E-state index contributed by atoms with van der Waals surface area (Å²) in [6, 6.07) is 5.24. The van der Waals surface area contributed by atoms with Gasteiger partial charge in [-0.05, 0) is 25.5 Å². The van der Waals surface area contributed by atoms with Gasteiger partial charge in [-0.25, -0.2) is 4.79 Å². The highest BCUT2D eigenvalue weighted by molar-refractivity contribution is 5.95. The van der Waals surface area contributed by atoms with Crippen LogP contribution in [0.1, 0.15) is 29.3 Å². The highest BCUT2D eigenvalue weighted by atomic mass is 16.4. The van der Waals surface area contributed by atoms with Gasteiger partial charge in [-0.2, -0.15) is 0 Å². The number of aryl methyl sites for hydroxylation is 1. The molecule has 1 aromatic rings. The lowest BCUT2D eigenvalue weighted by Crippen LogP contribution is -2.08. The third-order valence-electron chi connectivity index (χ3n) is 2.23. The standard InChI is InChI=1S/C13H15NO2/c1-3-4-5-9-14-12-10(2)7-6-8-11(12)13(15)16/h6-8,14H,5,9H2,1-2H3,(H,15,16). The second-order valence-electron chi connectivity index (χ2n) is 3.41. The number of carboxylic acids is 1. The van der Waals surface area contributed by atoms with Crippen molar-refractivity contribution in [2.75, 3.05) is 11.9 Å². The van der Waals surface area contributed by atoms with Gasteiger partial charge in [-0.15, -0.1) is 11.8 Å². The van der Waals surface area contributed by atoms with Gasteiger partial charge in [-0.1, -0.05) is 12.1 Å². The first-order chi connectivity index (χ1) is 7.66. The van der Waals surface area contributed by atoms with Crippen molar-refractivity contribution in [2.45, 2.75) is 20.3 Å². The number of benzene rings is 1. The van der Waals surface area contributed by atoms with E-state index in [4.69, 9.17) is 5.11 Å². The number of rotatable bonds is 4. The monoisotopic (exact) mass is 217 g/mol. The highest BCUT2D eigenvalue weighted by Crippen LogP contribution is 2.20. The summed E-state index contributed by atoms with van der Waals surface area (Å²) in [5, 5.41) is 12.1. The maximum Gasteiger partial charge on any atom is 0.337 e. The summed E-state index contributed by atoms with van der Waals surface area (Å²) in [5.41, 5.74) is 1.93. The molecule has 0 saturated heterocycles. The molecule has 2 N–H and O–H groups in total. The lowest BCUT2D eigenvalue weighted by atomic mass is 10.1. The minimum atomic E-state index is -0.909. The van der Waals surface area contributed by atoms with Crippen molar-refractivity contribution in [1.82, 2.24) is 0 Å². The van der Waals surface area contributed by atoms with Crippen molar-refractivity contribution in [3.63, 3.8) is 0 Å². The third-order valence-corrected chi connectivity index (χ3v) is 2.23. The maximum atomic E-state index is 11.0. The van der Waals surface area contributed by atoms with Crippen LogP contribution in [0.15, 0.2) is 18.2 Å². The predicted octanol–water partition coefficient (Wildman–Crippen LogP) is 2.52. The number of aromatic carboxylic acids is 1. The molecule has 0 aliphatic heterocycles. The van der Waals surface area contributed by atoms with Crippen molar-refractivity contribution < 1.29 is 9.90 Å². The Labute approximate surface area is 95.5 Å². The minimum absolute atomic E-state index is 0.310. The molecular formula is C13H15NO2. The molecule has 0 radical (unpaired) electrons. The zero-order chi connectivity index (χ0) is 12.0. The Morgan fingerprint density at radius 3 is 2.88 bits per heavy atom. The van der Waals surface area contributed by atoms with E-state index in [2.05, 4.69) is 17.2 Å². The molecule has 3 nitrogen and oxygen atoms in total. The summed E-state index contributed by atoms with van der Waals surface area (Å²) in [6.45, 7) is 4.34.